The first-order valence-electron chi connectivity index (χ1n) is 3.53. The number of H-pyrrole nitrogens is 1. The van der Waals surface area contributed by atoms with E-state index in [1.165, 1.54) is 11.8 Å². The quantitative estimate of drug-likeness (QED) is 0.441. The van der Waals surface area contributed by atoms with Crippen LogP contribution in [0.5, 0.6) is 0 Å². The van der Waals surface area contributed by atoms with Gasteiger partial charge in [-0.1, -0.05) is 6.92 Å². The Morgan fingerprint density at radius 3 is 2.62 bits per heavy atom. The van der Waals surface area contributed by atoms with E-state index in [1.807, 2.05) is 6.92 Å². The molecular weight excluding hydrogens is 215 g/mol. The number of rotatable bonds is 3. The van der Waals surface area contributed by atoms with E-state index in [2.05, 4.69) is 9.97 Å². The van der Waals surface area contributed by atoms with Crippen LogP contribution in [-0.2, 0) is 6.42 Å². The second-order valence-electron chi connectivity index (χ2n) is 2.21. The Morgan fingerprint density at radius 1 is 1.69 bits per heavy atom. The molecule has 1 N–H and O–H groups in total. The largest absolute Gasteiger partial charge is 1.00 e. The standard InChI is InChI=1S/C7H10N2O2S.K/c1-3-4-8-5(7(10)11)6(9-4)12-2;/h3H2,1-2H3,(H,8,9)(H,10,11);/q;+1/p-1. The van der Waals surface area contributed by atoms with E-state index >= 15 is 0 Å². The third kappa shape index (κ3) is 3.37. The van der Waals surface area contributed by atoms with Gasteiger partial charge in [0.05, 0.1) is 11.7 Å². The maximum Gasteiger partial charge on any atom is 1.00 e. The van der Waals surface area contributed by atoms with E-state index in [9.17, 15) is 9.90 Å². The number of imidazole rings is 1. The van der Waals surface area contributed by atoms with Gasteiger partial charge in [0.25, 0.3) is 0 Å². The predicted octanol–water partition coefficient (Wildman–Crippen LogP) is -2.94. The Hall–Kier alpha value is 0.666. The van der Waals surface area contributed by atoms with Crippen LogP contribution in [-0.4, -0.2) is 22.2 Å². The molecule has 0 aromatic carbocycles. The van der Waals surface area contributed by atoms with Gasteiger partial charge in [-0.05, 0) is 6.26 Å². The zero-order valence-electron chi connectivity index (χ0n) is 7.88. The minimum atomic E-state index is -1.20. The fraction of sp³-hybridized carbons (Fsp3) is 0.429. The molecule has 1 heterocycles. The number of nitrogens with one attached hydrogen (secondary N) is 1. The van der Waals surface area contributed by atoms with Gasteiger partial charge in [0.15, 0.2) is 0 Å². The van der Waals surface area contributed by atoms with E-state index in [1.54, 1.807) is 6.26 Å². The van der Waals surface area contributed by atoms with Crippen molar-refractivity contribution in [3.63, 3.8) is 0 Å². The number of aryl methyl sites for hydroxylation is 1. The molecule has 13 heavy (non-hydrogen) atoms. The number of hydrogen-bond donors (Lipinski definition) is 1. The summed E-state index contributed by atoms with van der Waals surface area (Å²) in [6, 6.07) is 0. The van der Waals surface area contributed by atoms with E-state index < -0.39 is 5.97 Å². The molecule has 0 aliphatic carbocycles. The number of carboxylic acids is 1. The monoisotopic (exact) mass is 224 g/mol. The Morgan fingerprint density at radius 2 is 2.31 bits per heavy atom. The molecule has 0 bridgehead atoms. The summed E-state index contributed by atoms with van der Waals surface area (Å²) >= 11 is 1.30. The number of thioether (sulfide) groups is 1. The Bertz CT molecular complexity index is 301. The fourth-order valence-electron chi connectivity index (χ4n) is 0.858. The van der Waals surface area contributed by atoms with Crippen molar-refractivity contribution < 1.29 is 61.3 Å². The van der Waals surface area contributed by atoms with Crippen molar-refractivity contribution in [1.29, 1.82) is 0 Å². The molecule has 0 unspecified atom stereocenters. The van der Waals surface area contributed by atoms with Gasteiger partial charge in [0, 0.05) is 6.42 Å². The maximum atomic E-state index is 10.5. The predicted molar refractivity (Wildman–Crippen MR) is 44.1 cm³/mol. The molecule has 1 rings (SSSR count). The van der Waals surface area contributed by atoms with Crippen LogP contribution in [0.3, 0.4) is 0 Å². The van der Waals surface area contributed by atoms with Gasteiger partial charge in [-0.15, -0.1) is 11.8 Å². The molecule has 0 saturated heterocycles. The van der Waals surface area contributed by atoms with Gasteiger partial charge >= 0.3 is 51.4 Å². The van der Waals surface area contributed by atoms with E-state index in [0.29, 0.717) is 17.3 Å². The Labute approximate surface area is 123 Å². The summed E-state index contributed by atoms with van der Waals surface area (Å²) in [6.07, 6.45) is 2.48. The normalized spacial score (nSPS) is 9.38. The molecule has 0 fully saturated rings. The number of aromatic amines is 1. The average Bonchev–Trinajstić information content (AvgIpc) is 2.47. The number of carboxylic acid groups (broad SMARTS) is 1. The molecule has 66 valence electrons. The van der Waals surface area contributed by atoms with Crippen molar-refractivity contribution in [3.8, 4) is 0 Å². The van der Waals surface area contributed by atoms with Crippen LogP contribution in [0.25, 0.3) is 0 Å². The number of carbonyl (C=O) groups is 1. The van der Waals surface area contributed by atoms with Crippen LogP contribution in [0.2, 0.25) is 0 Å². The zero-order chi connectivity index (χ0) is 9.14. The van der Waals surface area contributed by atoms with Crippen molar-refractivity contribution in [2.45, 2.75) is 18.4 Å². The van der Waals surface area contributed by atoms with Crippen LogP contribution < -0.4 is 56.5 Å². The van der Waals surface area contributed by atoms with E-state index in [-0.39, 0.29) is 57.1 Å². The van der Waals surface area contributed by atoms with Gasteiger partial charge in [0.1, 0.15) is 10.9 Å². The average molecular weight is 224 g/mol. The Balaban J connectivity index is 0.00000144. The van der Waals surface area contributed by atoms with E-state index in [4.69, 9.17) is 0 Å². The molecule has 1 aromatic heterocycles. The minimum absolute atomic E-state index is 0. The van der Waals surface area contributed by atoms with Gasteiger partial charge in [-0.3, -0.25) is 0 Å². The van der Waals surface area contributed by atoms with E-state index in [0.717, 1.165) is 0 Å². The molecule has 0 aliphatic rings. The minimum Gasteiger partial charge on any atom is -0.543 e. The molecule has 1 aromatic rings. The second kappa shape index (κ2) is 6.21. The summed E-state index contributed by atoms with van der Waals surface area (Å²) in [4.78, 5) is 17.3. The maximum absolute atomic E-state index is 10.5. The third-order valence-corrected chi connectivity index (χ3v) is 2.13. The molecule has 0 spiro atoms. The first-order valence-corrected chi connectivity index (χ1v) is 4.75. The number of aromatic carboxylic acids is 1. The summed E-state index contributed by atoms with van der Waals surface area (Å²) in [6.45, 7) is 1.90. The summed E-state index contributed by atoms with van der Waals surface area (Å²) in [7, 11) is 0. The summed E-state index contributed by atoms with van der Waals surface area (Å²) < 4.78 is 0. The van der Waals surface area contributed by atoms with Crippen molar-refractivity contribution in [2.75, 3.05) is 6.26 Å². The SMILES string of the molecule is CCc1nc(SC)c(C(=O)[O-])[nH]1.[K+]. The topological polar surface area (TPSA) is 68.8 Å². The number of carbonyl (C=O) groups excluding carboxylic acids is 1. The molecular formula is C7H9KN2O2S. The fourth-order valence-corrected chi connectivity index (χ4v) is 1.40. The van der Waals surface area contributed by atoms with Gasteiger partial charge in [-0.25, -0.2) is 4.98 Å². The molecule has 0 aliphatic heterocycles. The smallest absolute Gasteiger partial charge is 0.543 e. The van der Waals surface area contributed by atoms with Crippen LogP contribution in [0.4, 0.5) is 0 Å². The zero-order valence-corrected chi connectivity index (χ0v) is 11.8. The second-order valence-corrected chi connectivity index (χ2v) is 3.00. The first kappa shape index (κ1) is 13.7. The van der Waals surface area contributed by atoms with Crippen molar-refractivity contribution in [2.24, 2.45) is 0 Å². The number of hydrogen-bond acceptors (Lipinski definition) is 4. The van der Waals surface area contributed by atoms with Gasteiger partial charge < -0.3 is 14.9 Å². The van der Waals surface area contributed by atoms with Crippen LogP contribution in [0.15, 0.2) is 5.03 Å². The third-order valence-electron chi connectivity index (χ3n) is 1.45. The summed E-state index contributed by atoms with van der Waals surface area (Å²) in [5, 5.41) is 11.0. The van der Waals surface area contributed by atoms with Crippen LogP contribution in [0.1, 0.15) is 23.2 Å². The van der Waals surface area contributed by atoms with Crippen molar-refractivity contribution in [3.05, 3.63) is 11.5 Å². The molecule has 6 heteroatoms. The number of aromatic nitrogens is 2. The summed E-state index contributed by atoms with van der Waals surface area (Å²) in [5.74, 6) is -0.523. The molecule has 4 nitrogen and oxygen atoms in total. The Kier molecular flexibility index (Phi) is 6.52. The molecule has 0 amide bonds. The molecule has 0 atom stereocenters. The molecule has 0 radical (unpaired) electrons. The summed E-state index contributed by atoms with van der Waals surface area (Å²) in [5.41, 5.74) is 0.0827. The number of nitrogens with zero attached hydrogens (tertiary/aromatic N) is 1. The van der Waals surface area contributed by atoms with Crippen molar-refractivity contribution >= 4 is 17.7 Å². The first-order chi connectivity index (χ1) is 5.69. The van der Waals surface area contributed by atoms with Crippen LogP contribution >= 0.6 is 11.8 Å². The van der Waals surface area contributed by atoms with Crippen molar-refractivity contribution in [1.82, 2.24) is 9.97 Å². The van der Waals surface area contributed by atoms with Gasteiger partial charge in [-0.2, -0.15) is 0 Å². The van der Waals surface area contributed by atoms with Crippen LogP contribution in [0, 0.1) is 0 Å². The van der Waals surface area contributed by atoms with Gasteiger partial charge in [0.2, 0.25) is 0 Å². The molecule has 0 saturated carbocycles.